The molecule has 0 aliphatic carbocycles. The average Bonchev–Trinajstić information content (AvgIpc) is 1.07. The lowest BCUT2D eigenvalue weighted by atomic mass is 9.99. The monoisotopic (exact) mass is 1930 g/mol. The van der Waals surface area contributed by atoms with Crippen LogP contribution in [-0.4, -0.2) is 0 Å². The smallest absolute Gasteiger partial charge is 0.0462 e. The Bertz CT molecular complexity index is 7820. The van der Waals surface area contributed by atoms with Crippen LogP contribution in [0, 0.1) is 0 Å². The molecular weight excluding hydrogens is 1830 g/mol. The third kappa shape index (κ3) is 20.9. The predicted octanol–water partition coefficient (Wildman–Crippen LogP) is 41.0. The first-order valence-corrected chi connectivity index (χ1v) is 51.8. The lowest BCUT2D eigenvalue weighted by molar-refractivity contribution is 1.28. The van der Waals surface area contributed by atoms with Gasteiger partial charge in [-0.1, -0.05) is 376 Å². The van der Waals surface area contributed by atoms with E-state index in [0.29, 0.717) is 0 Å². The van der Waals surface area contributed by atoms with Crippen LogP contribution in [0.15, 0.2) is 619 Å². The molecule has 0 N–H and O–H groups in total. The number of benzene rings is 22. The number of nitrogens with zero attached hydrogens (tertiary/aromatic N) is 6. The van der Waals surface area contributed by atoms with E-state index in [1.807, 2.05) is 22.7 Å². The molecule has 0 aliphatic heterocycles. The highest BCUT2D eigenvalue weighted by Gasteiger charge is 2.23. The van der Waals surface area contributed by atoms with Gasteiger partial charge in [0.15, 0.2) is 0 Å². The summed E-state index contributed by atoms with van der Waals surface area (Å²) in [6.45, 7) is 0. The van der Waals surface area contributed by atoms with Crippen molar-refractivity contribution in [3.05, 3.63) is 619 Å². The van der Waals surface area contributed by atoms with E-state index < -0.39 is 0 Å². The second-order valence-electron chi connectivity index (χ2n) is 36.4. The average molecular weight is 1930 g/mol. The summed E-state index contributed by atoms with van der Waals surface area (Å²) < 4.78 is 0. The summed E-state index contributed by atoms with van der Waals surface area (Å²) in [4.78, 5) is 19.0. The summed E-state index contributed by atoms with van der Waals surface area (Å²) in [5, 5.41) is 0. The molecule has 0 bridgehead atoms. The number of thiophene rings is 2. The molecule has 0 radical (unpaired) electrons. The molecule has 0 amide bonds. The van der Waals surface area contributed by atoms with E-state index in [-0.39, 0.29) is 0 Å². The highest BCUT2D eigenvalue weighted by Crippen LogP contribution is 2.47. The zero-order chi connectivity index (χ0) is 98.9. The van der Waals surface area contributed by atoms with Gasteiger partial charge in [-0.05, 0) is 332 Å². The summed E-state index contributed by atoms with van der Waals surface area (Å²) in [5.74, 6) is 0. The highest BCUT2D eigenvalue weighted by atomic mass is 32.1. The van der Waals surface area contributed by atoms with E-state index in [4.69, 9.17) is 0 Å². The number of hydrogen-bond acceptors (Lipinski definition) is 8. The van der Waals surface area contributed by atoms with Crippen molar-refractivity contribution in [1.82, 2.24) is 0 Å². The van der Waals surface area contributed by atoms with Crippen LogP contribution in [0.5, 0.6) is 0 Å². The van der Waals surface area contributed by atoms with E-state index in [1.54, 1.807) is 0 Å². The third-order valence-electron chi connectivity index (χ3n) is 27.0. The fourth-order valence-electron chi connectivity index (χ4n) is 19.5. The van der Waals surface area contributed by atoms with Crippen LogP contribution in [-0.2, 0) is 0 Å². The van der Waals surface area contributed by atoms with Crippen molar-refractivity contribution in [3.63, 3.8) is 0 Å². The molecule has 24 rings (SSSR count). The zero-order valence-electron chi connectivity index (χ0n) is 81.4. The molecule has 2 aromatic heterocycles. The molecule has 148 heavy (non-hydrogen) atoms. The fraction of sp³-hybridized carbons (Fsp3) is 0. The third-order valence-corrected chi connectivity index (χ3v) is 29.4. The predicted molar refractivity (Wildman–Crippen MR) is 631 cm³/mol. The first-order valence-electron chi connectivity index (χ1n) is 50.1. The Hall–Kier alpha value is -19.0. The maximum atomic E-state index is 2.32. The molecule has 0 fully saturated rings. The lowest BCUT2D eigenvalue weighted by Gasteiger charge is -2.26. The second kappa shape index (κ2) is 43.9. The van der Waals surface area contributed by atoms with E-state index in [0.717, 1.165) is 125 Å². The van der Waals surface area contributed by atoms with Gasteiger partial charge in [0.2, 0.25) is 0 Å². The summed E-state index contributed by atoms with van der Waals surface area (Å²) in [6, 6.07) is 221. The minimum Gasteiger partial charge on any atom is -0.311 e. The number of rotatable bonds is 28. The van der Waals surface area contributed by atoms with Gasteiger partial charge in [-0.2, -0.15) is 0 Å². The van der Waals surface area contributed by atoms with Crippen LogP contribution in [0.1, 0.15) is 0 Å². The van der Waals surface area contributed by atoms with Crippen molar-refractivity contribution in [2.75, 3.05) is 29.4 Å². The molecule has 0 spiro atoms. The van der Waals surface area contributed by atoms with Crippen LogP contribution in [0.2, 0.25) is 0 Å². The number of anilines is 18. The molecule has 22 aromatic carbocycles. The lowest BCUT2D eigenvalue weighted by Crippen LogP contribution is -2.10. The molecule has 6 nitrogen and oxygen atoms in total. The molecule has 0 aliphatic rings. The van der Waals surface area contributed by atoms with Crippen molar-refractivity contribution < 1.29 is 0 Å². The largest absolute Gasteiger partial charge is 0.311 e. The van der Waals surface area contributed by atoms with Gasteiger partial charge in [0, 0.05) is 122 Å². The van der Waals surface area contributed by atoms with Crippen LogP contribution in [0.3, 0.4) is 0 Å². The van der Waals surface area contributed by atoms with E-state index in [1.165, 1.54) is 86.3 Å². The van der Waals surface area contributed by atoms with Gasteiger partial charge in [-0.25, -0.2) is 0 Å². The van der Waals surface area contributed by atoms with E-state index in [2.05, 4.69) is 648 Å². The Labute approximate surface area is 875 Å². The first kappa shape index (κ1) is 92.7. The molecule has 8 heteroatoms. The molecule has 704 valence electrons. The van der Waals surface area contributed by atoms with Gasteiger partial charge in [0.25, 0.3) is 0 Å². The first-order chi connectivity index (χ1) is 73.4. The van der Waals surface area contributed by atoms with Gasteiger partial charge in [0.1, 0.15) is 0 Å². The summed E-state index contributed by atoms with van der Waals surface area (Å²) >= 11 is 3.66. The maximum absolute atomic E-state index is 2.32. The van der Waals surface area contributed by atoms with Gasteiger partial charge < -0.3 is 29.4 Å². The molecule has 0 saturated heterocycles. The van der Waals surface area contributed by atoms with Crippen LogP contribution in [0.4, 0.5) is 102 Å². The Morgan fingerprint density at radius 2 is 0.162 bits per heavy atom. The van der Waals surface area contributed by atoms with Crippen LogP contribution >= 0.6 is 22.7 Å². The minimum absolute atomic E-state index is 1.08. The summed E-state index contributed by atoms with van der Waals surface area (Å²) in [7, 11) is 0. The van der Waals surface area contributed by atoms with E-state index >= 15 is 0 Å². The molecule has 0 unspecified atom stereocenters. The Balaban J connectivity index is 0.000000175. The standard InChI is InChI=1S/C84H62N4.C56H40N2S2/c1-7-19-73(20-8-1)85(74-21-9-2-10-22-74)79-51-39-67(40-52-79)63-31-35-65(36-32-63)69-43-55-81(56-44-69)87(77-27-15-5-16-28-77)83-59-47-71(48-60-83)72-49-61-84(62-50-72)88(78-29-17-6-18-30-78)82-57-45-70(46-58-82)66-37-33-64(34-38-66)68-41-53-80(54-42-68)86(75-23-11-3-12-24-75)76-25-13-4-14-26-76;1-5-13-43(14-6-1)53-37-39-55(59-53)45-25-33-51(34-26-45)57(47-17-9-3-10-18-47)49-29-21-41(22-30-49)42-23-31-50(32-24-42)58(48-19-11-4-12-20-48)52-35-27-46(28-36-52)56-40-38-54(60-56)44-15-7-2-8-16-44/h1-62H;1-40H. The molecule has 2 heterocycles. The van der Waals surface area contributed by atoms with Crippen molar-refractivity contribution in [2.24, 2.45) is 0 Å². The number of hydrogen-bond donors (Lipinski definition) is 0. The molecule has 24 aromatic rings. The van der Waals surface area contributed by atoms with Crippen molar-refractivity contribution >= 4 is 125 Å². The minimum atomic E-state index is 1.08. The topological polar surface area (TPSA) is 19.4 Å². The summed E-state index contributed by atoms with van der Waals surface area (Å²) in [5.41, 5.74) is 38.9. The van der Waals surface area contributed by atoms with Crippen LogP contribution < -0.4 is 29.4 Å². The normalized spacial score (nSPS) is 11.0. The molecule has 0 atom stereocenters. The van der Waals surface area contributed by atoms with Crippen molar-refractivity contribution in [3.8, 4) is 109 Å². The fourth-order valence-corrected chi connectivity index (χ4v) is 21.5. The maximum Gasteiger partial charge on any atom is 0.0462 e. The number of para-hydroxylation sites is 8. The van der Waals surface area contributed by atoms with E-state index in [9.17, 15) is 0 Å². The van der Waals surface area contributed by atoms with Gasteiger partial charge in [-0.3, -0.25) is 0 Å². The SMILES string of the molecule is c1ccc(-c2ccc(-c3ccc(N(c4ccccc4)c4ccc(-c5ccc(N(c6ccccc6)c6ccc(-c7ccc(-c8ccccc8)s7)cc6)cc5)cc4)cc3)s2)cc1.c1ccc(N(c2ccccc2)c2ccc(-c3ccc(-c4ccc(N(c5ccccc5)c5ccc(-c6ccc(N(c7ccccc7)c7ccc(-c8ccc(-c9ccc(N(c%10ccccc%10)c%10ccccc%10)cc9)cc8)cc7)cc6)cc5)cc4)cc3)cc2)cc1. The Morgan fingerprint density at radius 3 is 0.284 bits per heavy atom. The van der Waals surface area contributed by atoms with Crippen molar-refractivity contribution in [2.45, 2.75) is 0 Å². The summed E-state index contributed by atoms with van der Waals surface area (Å²) in [6.07, 6.45) is 0. The molecule has 0 saturated carbocycles. The van der Waals surface area contributed by atoms with Gasteiger partial charge >= 0.3 is 0 Å². The zero-order valence-corrected chi connectivity index (χ0v) is 83.0. The Kier molecular flexibility index (Phi) is 27.5. The van der Waals surface area contributed by atoms with Crippen LogP contribution in [0.25, 0.3) is 109 Å². The highest BCUT2D eigenvalue weighted by molar-refractivity contribution is 7.19. The van der Waals surface area contributed by atoms with Gasteiger partial charge in [-0.15, -0.1) is 22.7 Å². The van der Waals surface area contributed by atoms with Gasteiger partial charge in [0.05, 0.1) is 0 Å². The van der Waals surface area contributed by atoms with Crippen molar-refractivity contribution in [1.29, 1.82) is 0 Å². The molecular formula is C140H102N6S2. The quantitative estimate of drug-likeness (QED) is 0.0483. The Morgan fingerprint density at radius 1 is 0.0743 bits per heavy atom. The second-order valence-corrected chi connectivity index (χ2v) is 38.5.